The van der Waals surface area contributed by atoms with Crippen LogP contribution in [-0.2, 0) is 11.3 Å². The van der Waals surface area contributed by atoms with E-state index in [4.69, 9.17) is 0 Å². The average Bonchev–Trinajstić information content (AvgIpc) is 3.14. The van der Waals surface area contributed by atoms with E-state index in [0.29, 0.717) is 19.0 Å². The molecule has 1 N–H and O–H groups in total. The first-order chi connectivity index (χ1) is 11.7. The van der Waals surface area contributed by atoms with Crippen LogP contribution in [0.1, 0.15) is 37.7 Å². The lowest BCUT2D eigenvalue weighted by atomic mass is 10.0. The highest BCUT2D eigenvalue weighted by atomic mass is 19.1. The maximum atomic E-state index is 12.9. The largest absolute Gasteiger partial charge is 0.352 e. The first-order valence-corrected chi connectivity index (χ1v) is 9.18. The predicted molar refractivity (Wildman–Crippen MR) is 93.1 cm³/mol. The van der Waals surface area contributed by atoms with Crippen LogP contribution in [0.25, 0.3) is 0 Å². The van der Waals surface area contributed by atoms with Crippen molar-refractivity contribution in [3.63, 3.8) is 0 Å². The van der Waals surface area contributed by atoms with E-state index in [1.807, 2.05) is 0 Å². The molecule has 0 saturated carbocycles. The highest BCUT2D eigenvalue weighted by Gasteiger charge is 2.26. The molecule has 2 fully saturated rings. The summed E-state index contributed by atoms with van der Waals surface area (Å²) in [7, 11) is 0. The molecule has 0 aliphatic carbocycles. The average molecular weight is 333 g/mol. The third-order valence-electron chi connectivity index (χ3n) is 5.20. The molecule has 0 aromatic heterocycles. The Morgan fingerprint density at radius 2 is 1.88 bits per heavy atom. The highest BCUT2D eigenvalue weighted by molar-refractivity contribution is 5.76. The monoisotopic (exact) mass is 333 g/mol. The summed E-state index contributed by atoms with van der Waals surface area (Å²) in [4.78, 5) is 17.1. The summed E-state index contributed by atoms with van der Waals surface area (Å²) in [6.07, 6.45) is 5.74. The van der Waals surface area contributed by atoms with Crippen molar-refractivity contribution in [1.29, 1.82) is 0 Å². The van der Waals surface area contributed by atoms with Gasteiger partial charge < -0.3 is 10.2 Å². The van der Waals surface area contributed by atoms with Crippen molar-refractivity contribution in [2.75, 3.05) is 32.7 Å². The lowest BCUT2D eigenvalue weighted by Gasteiger charge is -2.37. The van der Waals surface area contributed by atoms with Gasteiger partial charge in [-0.15, -0.1) is 0 Å². The molecule has 132 valence electrons. The molecule has 3 rings (SSSR count). The Bertz CT molecular complexity index is 528. The van der Waals surface area contributed by atoms with Gasteiger partial charge in [-0.25, -0.2) is 4.39 Å². The van der Waals surface area contributed by atoms with E-state index in [1.165, 1.54) is 50.9 Å². The molecule has 1 aromatic carbocycles. The number of hydrogen-bond donors (Lipinski definition) is 1. The van der Waals surface area contributed by atoms with E-state index in [-0.39, 0.29) is 11.7 Å². The maximum Gasteiger partial charge on any atom is 0.221 e. The van der Waals surface area contributed by atoms with E-state index in [1.54, 1.807) is 12.1 Å². The minimum Gasteiger partial charge on any atom is -0.352 e. The fourth-order valence-corrected chi connectivity index (χ4v) is 3.79. The van der Waals surface area contributed by atoms with Gasteiger partial charge in [0.1, 0.15) is 5.82 Å². The Morgan fingerprint density at radius 3 is 2.62 bits per heavy atom. The normalized spacial score (nSPS) is 22.6. The quantitative estimate of drug-likeness (QED) is 0.868. The lowest BCUT2D eigenvalue weighted by Crippen LogP contribution is -2.47. The van der Waals surface area contributed by atoms with Gasteiger partial charge in [0.25, 0.3) is 0 Å². The highest BCUT2D eigenvalue weighted by Crippen LogP contribution is 2.20. The maximum absolute atomic E-state index is 12.9. The van der Waals surface area contributed by atoms with E-state index in [0.717, 1.165) is 25.2 Å². The van der Waals surface area contributed by atoms with Crippen LogP contribution in [0.3, 0.4) is 0 Å². The van der Waals surface area contributed by atoms with Crippen molar-refractivity contribution in [3.05, 3.63) is 35.6 Å². The second-order valence-corrected chi connectivity index (χ2v) is 6.99. The molecule has 1 atom stereocenters. The molecule has 2 heterocycles. The van der Waals surface area contributed by atoms with Gasteiger partial charge in [0.15, 0.2) is 0 Å². The Hall–Kier alpha value is -1.46. The Kier molecular flexibility index (Phi) is 6.21. The van der Waals surface area contributed by atoms with Crippen LogP contribution in [0.5, 0.6) is 0 Å². The van der Waals surface area contributed by atoms with Gasteiger partial charge in [-0.2, -0.15) is 0 Å². The molecule has 2 aliphatic heterocycles. The fourth-order valence-electron chi connectivity index (χ4n) is 3.79. The summed E-state index contributed by atoms with van der Waals surface area (Å²) in [6, 6.07) is 6.95. The molecule has 0 radical (unpaired) electrons. The molecule has 0 bridgehead atoms. The van der Waals surface area contributed by atoms with Gasteiger partial charge in [-0.05, 0) is 63.0 Å². The molecule has 0 spiro atoms. The van der Waals surface area contributed by atoms with E-state index in [9.17, 15) is 9.18 Å². The number of piperidine rings is 1. The zero-order chi connectivity index (χ0) is 16.8. The van der Waals surface area contributed by atoms with Crippen molar-refractivity contribution in [3.8, 4) is 0 Å². The summed E-state index contributed by atoms with van der Waals surface area (Å²) in [6.45, 7) is 6.00. The van der Waals surface area contributed by atoms with E-state index < -0.39 is 0 Å². The van der Waals surface area contributed by atoms with Crippen LogP contribution in [0.15, 0.2) is 24.3 Å². The third-order valence-corrected chi connectivity index (χ3v) is 5.20. The van der Waals surface area contributed by atoms with Gasteiger partial charge >= 0.3 is 0 Å². The molecule has 2 aliphatic rings. The number of nitrogens with one attached hydrogen (secondary N) is 1. The fraction of sp³-hybridized carbons (Fsp3) is 0.632. The van der Waals surface area contributed by atoms with Gasteiger partial charge in [-0.3, -0.25) is 9.69 Å². The molecular formula is C19H28FN3O. The molecule has 2 saturated heterocycles. The van der Waals surface area contributed by atoms with Crippen LogP contribution in [0.4, 0.5) is 4.39 Å². The molecule has 0 unspecified atom stereocenters. The smallest absolute Gasteiger partial charge is 0.221 e. The third kappa shape index (κ3) is 5.02. The van der Waals surface area contributed by atoms with Crippen molar-refractivity contribution < 1.29 is 9.18 Å². The number of benzene rings is 1. The van der Waals surface area contributed by atoms with Crippen LogP contribution in [0.2, 0.25) is 0 Å². The summed E-state index contributed by atoms with van der Waals surface area (Å²) < 4.78 is 12.9. The summed E-state index contributed by atoms with van der Waals surface area (Å²) in [5, 5.41) is 2.93. The topological polar surface area (TPSA) is 35.6 Å². The minimum absolute atomic E-state index is 0.0719. The Labute approximate surface area is 144 Å². The number of carbonyl (C=O) groups is 1. The first kappa shape index (κ1) is 17.4. The zero-order valence-corrected chi connectivity index (χ0v) is 14.3. The van der Waals surface area contributed by atoms with Crippen molar-refractivity contribution in [2.24, 2.45) is 0 Å². The molecular weight excluding hydrogens is 305 g/mol. The summed E-state index contributed by atoms with van der Waals surface area (Å²) in [5.41, 5.74) is 0.928. The van der Waals surface area contributed by atoms with Crippen LogP contribution in [0, 0.1) is 5.82 Å². The van der Waals surface area contributed by atoms with E-state index >= 15 is 0 Å². The summed E-state index contributed by atoms with van der Waals surface area (Å²) in [5.74, 6) is -0.176. The molecule has 1 aromatic rings. The van der Waals surface area contributed by atoms with Gasteiger partial charge in [0, 0.05) is 32.1 Å². The number of halogens is 1. The van der Waals surface area contributed by atoms with Gasteiger partial charge in [-0.1, -0.05) is 12.1 Å². The first-order valence-electron chi connectivity index (χ1n) is 9.18. The SMILES string of the molecule is O=C(CCN1CCC[C@H](N2CCCC2)C1)NCc1ccc(F)cc1. The Morgan fingerprint density at radius 1 is 1.12 bits per heavy atom. The van der Waals surface area contributed by atoms with Gasteiger partial charge in [0.05, 0.1) is 0 Å². The number of amides is 1. The molecule has 5 heteroatoms. The van der Waals surface area contributed by atoms with Crippen LogP contribution in [-0.4, -0.2) is 54.5 Å². The minimum atomic E-state index is -0.247. The van der Waals surface area contributed by atoms with Crippen molar-refractivity contribution >= 4 is 5.91 Å². The molecule has 4 nitrogen and oxygen atoms in total. The second kappa shape index (κ2) is 8.58. The number of likely N-dealkylation sites (tertiary alicyclic amines) is 2. The lowest BCUT2D eigenvalue weighted by molar-refractivity contribution is -0.121. The number of rotatable bonds is 6. The van der Waals surface area contributed by atoms with Crippen LogP contribution >= 0.6 is 0 Å². The Balaban J connectivity index is 1.36. The number of hydrogen-bond acceptors (Lipinski definition) is 3. The zero-order valence-electron chi connectivity index (χ0n) is 14.3. The summed E-state index contributed by atoms with van der Waals surface area (Å²) >= 11 is 0. The predicted octanol–water partition coefficient (Wildman–Crippen LogP) is 2.39. The molecule has 1 amide bonds. The van der Waals surface area contributed by atoms with E-state index in [2.05, 4.69) is 15.1 Å². The van der Waals surface area contributed by atoms with Crippen molar-refractivity contribution in [1.82, 2.24) is 15.1 Å². The number of nitrogens with zero attached hydrogens (tertiary/aromatic N) is 2. The second-order valence-electron chi connectivity index (χ2n) is 6.99. The van der Waals surface area contributed by atoms with Crippen molar-refractivity contribution in [2.45, 2.75) is 44.7 Å². The van der Waals surface area contributed by atoms with Crippen LogP contribution < -0.4 is 5.32 Å². The molecule has 24 heavy (non-hydrogen) atoms. The number of carbonyl (C=O) groups excluding carboxylic acids is 1. The standard InChI is InChI=1S/C19H28FN3O/c20-17-7-5-16(6-8-17)14-21-19(24)9-13-22-10-3-4-18(15-22)23-11-1-2-12-23/h5-8,18H,1-4,9-15H2,(H,21,24)/t18-/m0/s1. The van der Waals surface area contributed by atoms with Gasteiger partial charge in [0.2, 0.25) is 5.91 Å².